The molecular weight excluding hydrogens is 250 g/mol. The Kier molecular flexibility index (Phi) is 4.64. The molecule has 2 aromatic rings. The molecule has 0 amide bonds. The predicted octanol–water partition coefficient (Wildman–Crippen LogP) is 3.10. The number of nitrogens with one attached hydrogen (secondary N) is 1. The van der Waals surface area contributed by atoms with Crippen molar-refractivity contribution < 1.29 is 9.84 Å². The van der Waals surface area contributed by atoms with E-state index in [0.29, 0.717) is 6.42 Å². The minimum absolute atomic E-state index is 0.0416. The average molecular weight is 271 g/mol. The Hall–Kier alpha value is -2.00. The summed E-state index contributed by atoms with van der Waals surface area (Å²) in [5, 5.41) is 13.2. The van der Waals surface area contributed by atoms with Gasteiger partial charge in [0.1, 0.15) is 5.75 Å². The second kappa shape index (κ2) is 6.44. The predicted molar refractivity (Wildman–Crippen MR) is 82.3 cm³/mol. The third kappa shape index (κ3) is 3.52. The quantitative estimate of drug-likeness (QED) is 0.848. The Morgan fingerprint density at radius 3 is 2.35 bits per heavy atom. The Labute approximate surface area is 120 Å². The van der Waals surface area contributed by atoms with Crippen molar-refractivity contribution in [3.63, 3.8) is 0 Å². The van der Waals surface area contributed by atoms with Crippen molar-refractivity contribution in [1.82, 2.24) is 0 Å². The summed E-state index contributed by atoms with van der Waals surface area (Å²) in [6, 6.07) is 17.8. The van der Waals surface area contributed by atoms with Crippen molar-refractivity contribution in [3.8, 4) is 5.75 Å². The molecule has 2 N–H and O–H groups in total. The molecule has 0 fully saturated rings. The van der Waals surface area contributed by atoms with Crippen LogP contribution in [-0.2, 0) is 6.42 Å². The first-order valence-corrected chi connectivity index (χ1v) is 6.73. The molecule has 1 unspecified atom stereocenters. The number of hydrogen-bond donors (Lipinski definition) is 2. The molecule has 0 bridgehead atoms. The van der Waals surface area contributed by atoms with Crippen LogP contribution in [0.5, 0.6) is 5.75 Å². The molecule has 0 radical (unpaired) electrons. The molecule has 1 atom stereocenters. The second-order valence-electron chi connectivity index (χ2n) is 5.20. The fourth-order valence-electron chi connectivity index (χ4n) is 2.28. The lowest BCUT2D eigenvalue weighted by Gasteiger charge is -2.30. The number of anilines is 1. The molecule has 0 aliphatic heterocycles. The average Bonchev–Trinajstić information content (AvgIpc) is 2.49. The SMILES string of the molecule is COc1ccccc1CC(C)(CO)Nc1ccccc1. The molecule has 0 aromatic heterocycles. The molecule has 0 aliphatic carbocycles. The van der Waals surface area contributed by atoms with Crippen LogP contribution in [-0.4, -0.2) is 24.4 Å². The van der Waals surface area contributed by atoms with E-state index in [1.807, 2.05) is 61.5 Å². The smallest absolute Gasteiger partial charge is 0.122 e. The highest BCUT2D eigenvalue weighted by molar-refractivity contribution is 5.46. The summed E-state index contributed by atoms with van der Waals surface area (Å²) in [6.07, 6.45) is 0.683. The number of para-hydroxylation sites is 2. The van der Waals surface area contributed by atoms with Crippen LogP contribution in [0.15, 0.2) is 54.6 Å². The third-order valence-corrected chi connectivity index (χ3v) is 3.34. The van der Waals surface area contributed by atoms with Gasteiger partial charge in [-0.2, -0.15) is 0 Å². The Morgan fingerprint density at radius 1 is 1.05 bits per heavy atom. The first-order chi connectivity index (χ1) is 9.67. The zero-order valence-electron chi connectivity index (χ0n) is 12.0. The first kappa shape index (κ1) is 14.4. The molecular formula is C17H21NO2. The van der Waals surface area contributed by atoms with Crippen LogP contribution in [0.1, 0.15) is 12.5 Å². The first-order valence-electron chi connectivity index (χ1n) is 6.73. The zero-order valence-corrected chi connectivity index (χ0v) is 12.0. The van der Waals surface area contributed by atoms with Crippen molar-refractivity contribution in [2.45, 2.75) is 18.9 Å². The van der Waals surface area contributed by atoms with Crippen LogP contribution in [0.3, 0.4) is 0 Å². The van der Waals surface area contributed by atoms with Crippen LogP contribution in [0.4, 0.5) is 5.69 Å². The normalized spacial score (nSPS) is 13.6. The zero-order chi connectivity index (χ0) is 14.4. The van der Waals surface area contributed by atoms with E-state index in [1.165, 1.54) is 0 Å². The van der Waals surface area contributed by atoms with Gasteiger partial charge >= 0.3 is 0 Å². The van der Waals surface area contributed by atoms with Crippen molar-refractivity contribution in [2.24, 2.45) is 0 Å². The third-order valence-electron chi connectivity index (χ3n) is 3.34. The lowest BCUT2D eigenvalue weighted by Crippen LogP contribution is -2.41. The summed E-state index contributed by atoms with van der Waals surface area (Å²) < 4.78 is 5.38. The highest BCUT2D eigenvalue weighted by Gasteiger charge is 2.25. The summed E-state index contributed by atoms with van der Waals surface area (Å²) in [5.41, 5.74) is 1.64. The van der Waals surface area contributed by atoms with E-state index in [2.05, 4.69) is 5.32 Å². The fourth-order valence-corrected chi connectivity index (χ4v) is 2.28. The molecule has 0 saturated heterocycles. The van der Waals surface area contributed by atoms with Gasteiger partial charge < -0.3 is 15.2 Å². The summed E-state index contributed by atoms with van der Waals surface area (Å²) in [7, 11) is 1.67. The monoisotopic (exact) mass is 271 g/mol. The molecule has 106 valence electrons. The highest BCUT2D eigenvalue weighted by Crippen LogP contribution is 2.25. The molecule has 0 heterocycles. The van der Waals surface area contributed by atoms with Gasteiger partial charge in [0.25, 0.3) is 0 Å². The van der Waals surface area contributed by atoms with Gasteiger partial charge in [-0.05, 0) is 30.7 Å². The van der Waals surface area contributed by atoms with Crippen LogP contribution < -0.4 is 10.1 Å². The van der Waals surface area contributed by atoms with Crippen LogP contribution in [0.25, 0.3) is 0 Å². The Morgan fingerprint density at radius 2 is 1.70 bits per heavy atom. The van der Waals surface area contributed by atoms with Crippen molar-refractivity contribution in [1.29, 1.82) is 0 Å². The van der Waals surface area contributed by atoms with Gasteiger partial charge in [-0.15, -0.1) is 0 Å². The lowest BCUT2D eigenvalue weighted by molar-refractivity contribution is 0.221. The van der Waals surface area contributed by atoms with Gasteiger partial charge in [-0.25, -0.2) is 0 Å². The highest BCUT2D eigenvalue weighted by atomic mass is 16.5. The van der Waals surface area contributed by atoms with Crippen molar-refractivity contribution in [3.05, 3.63) is 60.2 Å². The summed E-state index contributed by atoms with van der Waals surface area (Å²) in [4.78, 5) is 0. The molecule has 2 rings (SSSR count). The number of aliphatic hydroxyl groups excluding tert-OH is 1. The number of aliphatic hydroxyl groups is 1. The van der Waals surface area contributed by atoms with E-state index in [9.17, 15) is 5.11 Å². The number of methoxy groups -OCH3 is 1. The van der Waals surface area contributed by atoms with E-state index in [1.54, 1.807) is 7.11 Å². The summed E-state index contributed by atoms with van der Waals surface area (Å²) >= 11 is 0. The minimum atomic E-state index is -0.435. The van der Waals surface area contributed by atoms with Crippen molar-refractivity contribution in [2.75, 3.05) is 19.0 Å². The van der Waals surface area contributed by atoms with Crippen LogP contribution >= 0.6 is 0 Å². The van der Waals surface area contributed by atoms with E-state index in [4.69, 9.17) is 4.74 Å². The van der Waals surface area contributed by atoms with Crippen LogP contribution in [0.2, 0.25) is 0 Å². The number of hydrogen-bond acceptors (Lipinski definition) is 3. The molecule has 0 spiro atoms. The summed E-state index contributed by atoms with van der Waals surface area (Å²) in [6.45, 7) is 2.05. The number of benzene rings is 2. The maximum absolute atomic E-state index is 9.77. The van der Waals surface area contributed by atoms with Crippen LogP contribution in [0, 0.1) is 0 Å². The maximum atomic E-state index is 9.77. The molecule has 20 heavy (non-hydrogen) atoms. The Balaban J connectivity index is 2.19. The van der Waals surface area contributed by atoms with Gasteiger partial charge in [-0.3, -0.25) is 0 Å². The van der Waals surface area contributed by atoms with Crippen molar-refractivity contribution >= 4 is 5.69 Å². The maximum Gasteiger partial charge on any atom is 0.122 e. The van der Waals surface area contributed by atoms with E-state index >= 15 is 0 Å². The largest absolute Gasteiger partial charge is 0.496 e. The number of rotatable bonds is 6. The lowest BCUT2D eigenvalue weighted by atomic mass is 9.92. The topological polar surface area (TPSA) is 41.5 Å². The standard InChI is InChI=1S/C17H21NO2/c1-17(13-19,18-15-9-4-3-5-10-15)12-14-8-6-7-11-16(14)20-2/h3-11,18-19H,12-13H2,1-2H3. The molecule has 0 aliphatic rings. The second-order valence-corrected chi connectivity index (χ2v) is 5.20. The molecule has 3 nitrogen and oxygen atoms in total. The van der Waals surface area contributed by atoms with Gasteiger partial charge in [0, 0.05) is 12.1 Å². The van der Waals surface area contributed by atoms with Gasteiger partial charge in [0.05, 0.1) is 19.3 Å². The molecule has 0 saturated carbocycles. The van der Waals surface area contributed by atoms with E-state index in [0.717, 1.165) is 17.0 Å². The van der Waals surface area contributed by atoms with E-state index < -0.39 is 5.54 Å². The van der Waals surface area contributed by atoms with Gasteiger partial charge in [0.2, 0.25) is 0 Å². The molecule has 2 aromatic carbocycles. The minimum Gasteiger partial charge on any atom is -0.496 e. The Bertz CT molecular complexity index is 542. The fraction of sp³-hybridized carbons (Fsp3) is 0.294. The summed E-state index contributed by atoms with van der Waals surface area (Å²) in [5.74, 6) is 0.849. The molecule has 3 heteroatoms. The van der Waals surface area contributed by atoms with Gasteiger partial charge in [0.15, 0.2) is 0 Å². The van der Waals surface area contributed by atoms with Gasteiger partial charge in [-0.1, -0.05) is 36.4 Å². The number of ether oxygens (including phenoxy) is 1. The van der Waals surface area contributed by atoms with E-state index in [-0.39, 0.29) is 6.61 Å².